The second-order valence-electron chi connectivity index (χ2n) is 7.12. The van der Waals surface area contributed by atoms with Crippen LogP contribution < -0.4 is 14.8 Å². The van der Waals surface area contributed by atoms with Crippen LogP contribution in [0.15, 0.2) is 18.2 Å². The van der Waals surface area contributed by atoms with Crippen molar-refractivity contribution in [3.05, 3.63) is 23.8 Å². The van der Waals surface area contributed by atoms with Crippen molar-refractivity contribution in [3.8, 4) is 11.5 Å². The normalized spacial score (nSPS) is 16.5. The van der Waals surface area contributed by atoms with Gasteiger partial charge in [-0.1, -0.05) is 19.9 Å². The van der Waals surface area contributed by atoms with Crippen LogP contribution in [0.25, 0.3) is 0 Å². The van der Waals surface area contributed by atoms with Gasteiger partial charge >= 0.3 is 0 Å². The molecule has 0 aromatic heterocycles. The summed E-state index contributed by atoms with van der Waals surface area (Å²) < 4.78 is 16.7. The van der Waals surface area contributed by atoms with E-state index in [2.05, 4.69) is 30.1 Å². The molecule has 0 spiro atoms. The van der Waals surface area contributed by atoms with Gasteiger partial charge in [0.25, 0.3) is 0 Å². The number of nitrogens with zero attached hydrogens (tertiary/aromatic N) is 1. The summed E-state index contributed by atoms with van der Waals surface area (Å²) in [7, 11) is 1.64. The molecule has 6 nitrogen and oxygen atoms in total. The van der Waals surface area contributed by atoms with Gasteiger partial charge in [-0.25, -0.2) is 0 Å². The Morgan fingerprint density at radius 2 is 1.96 bits per heavy atom. The Morgan fingerprint density at radius 3 is 2.63 bits per heavy atom. The molecule has 1 aliphatic rings. The van der Waals surface area contributed by atoms with E-state index in [-0.39, 0.29) is 6.61 Å². The molecular weight excluding hydrogens is 344 g/mol. The molecule has 0 amide bonds. The minimum atomic E-state index is -0.523. The van der Waals surface area contributed by atoms with Gasteiger partial charge in [-0.15, -0.1) is 0 Å². The Hall–Kier alpha value is -1.34. The third-order valence-electron chi connectivity index (χ3n) is 5.13. The highest BCUT2D eigenvalue weighted by Crippen LogP contribution is 2.28. The second kappa shape index (κ2) is 12.2. The minimum absolute atomic E-state index is 0.256. The summed E-state index contributed by atoms with van der Waals surface area (Å²) in [6, 6.07) is 5.98. The molecular formula is C21H36N2O4. The zero-order chi connectivity index (χ0) is 19.5. The minimum Gasteiger partial charge on any atom is -0.493 e. The lowest BCUT2D eigenvalue weighted by Gasteiger charge is -2.23. The monoisotopic (exact) mass is 380 g/mol. The number of aliphatic hydroxyl groups excluding tert-OH is 1. The summed E-state index contributed by atoms with van der Waals surface area (Å²) in [6.45, 7) is 10.5. The summed E-state index contributed by atoms with van der Waals surface area (Å²) in [6.07, 6.45) is 1.74. The molecule has 1 aromatic rings. The standard InChI is InChI=1S/C21H36N2O4/c1-4-23(5-2)15-19(24)16-27-21-12-18(6-7-20(21)25-3)14-22-13-17-8-10-26-11-9-17/h6-7,12,17,19,22,24H,4-5,8-11,13-16H2,1-3H3. The zero-order valence-electron chi connectivity index (χ0n) is 17.1. The third-order valence-corrected chi connectivity index (χ3v) is 5.13. The predicted octanol–water partition coefficient (Wildman–Crippen LogP) is 2.29. The molecule has 1 atom stereocenters. The lowest BCUT2D eigenvalue weighted by atomic mass is 10.0. The highest BCUT2D eigenvalue weighted by Gasteiger charge is 2.14. The second-order valence-corrected chi connectivity index (χ2v) is 7.12. The Labute approximate surface area is 163 Å². The SMILES string of the molecule is CCN(CC)CC(O)COc1cc(CNCC2CCOCC2)ccc1OC. The number of rotatable bonds is 12. The van der Waals surface area contributed by atoms with Gasteiger partial charge in [-0.05, 0) is 56.1 Å². The molecule has 0 saturated carbocycles. The van der Waals surface area contributed by atoms with Crippen LogP contribution in [-0.4, -0.2) is 69.2 Å². The first kappa shape index (κ1) is 22.0. The van der Waals surface area contributed by atoms with Crippen LogP contribution in [0, 0.1) is 5.92 Å². The molecule has 0 radical (unpaired) electrons. The first-order valence-corrected chi connectivity index (χ1v) is 10.1. The molecule has 0 aliphatic carbocycles. The molecule has 2 N–H and O–H groups in total. The zero-order valence-corrected chi connectivity index (χ0v) is 17.1. The average molecular weight is 381 g/mol. The fourth-order valence-corrected chi connectivity index (χ4v) is 3.33. The van der Waals surface area contributed by atoms with Crippen molar-refractivity contribution in [1.29, 1.82) is 0 Å². The Bertz CT molecular complexity index is 531. The van der Waals surface area contributed by atoms with Gasteiger partial charge in [0, 0.05) is 26.3 Å². The van der Waals surface area contributed by atoms with Gasteiger partial charge in [-0.3, -0.25) is 0 Å². The maximum atomic E-state index is 10.2. The van der Waals surface area contributed by atoms with Crippen molar-refractivity contribution < 1.29 is 19.3 Å². The van der Waals surface area contributed by atoms with Crippen molar-refractivity contribution >= 4 is 0 Å². The fraction of sp³-hybridized carbons (Fsp3) is 0.714. The molecule has 0 bridgehead atoms. The van der Waals surface area contributed by atoms with E-state index < -0.39 is 6.10 Å². The molecule has 6 heteroatoms. The predicted molar refractivity (Wildman–Crippen MR) is 108 cm³/mol. The molecule has 1 aliphatic heterocycles. The van der Waals surface area contributed by atoms with Crippen LogP contribution in [0.5, 0.6) is 11.5 Å². The van der Waals surface area contributed by atoms with E-state index in [0.717, 1.165) is 57.8 Å². The molecule has 27 heavy (non-hydrogen) atoms. The van der Waals surface area contributed by atoms with Crippen LogP contribution in [0.3, 0.4) is 0 Å². The van der Waals surface area contributed by atoms with E-state index in [4.69, 9.17) is 14.2 Å². The summed E-state index contributed by atoms with van der Waals surface area (Å²) in [5.74, 6) is 2.07. The van der Waals surface area contributed by atoms with Crippen LogP contribution in [0.4, 0.5) is 0 Å². The van der Waals surface area contributed by atoms with E-state index in [9.17, 15) is 5.11 Å². The van der Waals surface area contributed by atoms with Gasteiger partial charge in [0.05, 0.1) is 7.11 Å². The smallest absolute Gasteiger partial charge is 0.161 e. The fourth-order valence-electron chi connectivity index (χ4n) is 3.33. The summed E-state index contributed by atoms with van der Waals surface area (Å²) >= 11 is 0. The number of hydrogen-bond donors (Lipinski definition) is 2. The van der Waals surface area contributed by atoms with E-state index >= 15 is 0 Å². The van der Waals surface area contributed by atoms with Crippen LogP contribution in [0.1, 0.15) is 32.3 Å². The number of nitrogens with one attached hydrogen (secondary N) is 1. The highest BCUT2D eigenvalue weighted by atomic mass is 16.5. The van der Waals surface area contributed by atoms with Crippen molar-refractivity contribution in [3.63, 3.8) is 0 Å². The van der Waals surface area contributed by atoms with Crippen molar-refractivity contribution in [1.82, 2.24) is 10.2 Å². The number of ether oxygens (including phenoxy) is 3. The number of benzene rings is 1. The largest absolute Gasteiger partial charge is 0.493 e. The first-order chi connectivity index (χ1) is 13.2. The van der Waals surface area contributed by atoms with Gasteiger partial charge < -0.3 is 29.5 Å². The maximum absolute atomic E-state index is 10.2. The number of methoxy groups -OCH3 is 1. The van der Waals surface area contributed by atoms with E-state index in [1.165, 1.54) is 0 Å². The molecule has 2 rings (SSSR count). The van der Waals surface area contributed by atoms with Crippen LogP contribution in [0.2, 0.25) is 0 Å². The third kappa shape index (κ3) is 7.66. The quantitative estimate of drug-likeness (QED) is 0.580. The Kier molecular flexibility index (Phi) is 9.91. The van der Waals surface area contributed by atoms with Gasteiger partial charge in [0.2, 0.25) is 0 Å². The van der Waals surface area contributed by atoms with Gasteiger partial charge in [0.15, 0.2) is 11.5 Å². The van der Waals surface area contributed by atoms with E-state index in [0.29, 0.717) is 24.0 Å². The van der Waals surface area contributed by atoms with Crippen LogP contribution >= 0.6 is 0 Å². The molecule has 1 unspecified atom stereocenters. The lowest BCUT2D eigenvalue weighted by molar-refractivity contribution is 0.0662. The first-order valence-electron chi connectivity index (χ1n) is 10.1. The Balaban J connectivity index is 1.84. The topological polar surface area (TPSA) is 63.2 Å². The molecule has 1 saturated heterocycles. The molecule has 154 valence electrons. The Morgan fingerprint density at radius 1 is 1.22 bits per heavy atom. The van der Waals surface area contributed by atoms with Crippen molar-refractivity contribution in [2.24, 2.45) is 5.92 Å². The maximum Gasteiger partial charge on any atom is 0.161 e. The molecule has 1 aromatic carbocycles. The molecule has 1 heterocycles. The lowest BCUT2D eigenvalue weighted by Crippen LogP contribution is -2.35. The summed E-state index contributed by atoms with van der Waals surface area (Å²) in [4.78, 5) is 2.18. The van der Waals surface area contributed by atoms with Gasteiger partial charge in [0.1, 0.15) is 12.7 Å². The number of hydrogen-bond acceptors (Lipinski definition) is 6. The van der Waals surface area contributed by atoms with Gasteiger partial charge in [-0.2, -0.15) is 0 Å². The van der Waals surface area contributed by atoms with Crippen LogP contribution in [-0.2, 0) is 11.3 Å². The summed E-state index contributed by atoms with van der Waals surface area (Å²) in [5, 5.41) is 13.8. The molecule has 1 fully saturated rings. The number of aliphatic hydroxyl groups is 1. The van der Waals surface area contributed by atoms with E-state index in [1.54, 1.807) is 7.11 Å². The highest BCUT2D eigenvalue weighted by molar-refractivity contribution is 5.43. The van der Waals surface area contributed by atoms with Crippen molar-refractivity contribution in [2.45, 2.75) is 39.3 Å². The van der Waals surface area contributed by atoms with E-state index in [1.807, 2.05) is 12.1 Å². The average Bonchev–Trinajstić information content (AvgIpc) is 2.71. The van der Waals surface area contributed by atoms with Crippen molar-refractivity contribution in [2.75, 3.05) is 53.1 Å². The number of likely N-dealkylation sites (N-methyl/N-ethyl adjacent to an activating group) is 1. The summed E-state index contributed by atoms with van der Waals surface area (Å²) in [5.41, 5.74) is 1.15.